The highest BCUT2D eigenvalue weighted by molar-refractivity contribution is 7.13. The van der Waals surface area contributed by atoms with E-state index in [2.05, 4.69) is 20.5 Å². The molecule has 0 unspecified atom stereocenters. The average Bonchev–Trinajstić information content (AvgIpc) is 3.12. The van der Waals surface area contributed by atoms with Crippen LogP contribution in [-0.2, 0) is 4.79 Å². The molecule has 0 bridgehead atoms. The molecule has 6 nitrogen and oxygen atoms in total. The maximum absolute atomic E-state index is 13.1. The predicted molar refractivity (Wildman–Crippen MR) is 99.9 cm³/mol. The lowest BCUT2D eigenvalue weighted by Gasteiger charge is -2.37. The molecule has 0 radical (unpaired) electrons. The van der Waals surface area contributed by atoms with E-state index in [9.17, 15) is 4.79 Å². The van der Waals surface area contributed by atoms with E-state index in [0.29, 0.717) is 21.9 Å². The van der Waals surface area contributed by atoms with Crippen molar-refractivity contribution in [2.75, 3.05) is 5.32 Å². The molecule has 1 amide bonds. The zero-order valence-corrected chi connectivity index (χ0v) is 15.6. The molecule has 0 saturated carbocycles. The molecule has 1 aliphatic heterocycles. The maximum Gasteiger partial charge on any atom is 0.232 e. The zero-order valence-electron chi connectivity index (χ0n) is 14.1. The largest absolute Gasteiger partial charge is 0.438 e. The van der Waals surface area contributed by atoms with Crippen molar-refractivity contribution in [2.24, 2.45) is 5.41 Å². The average molecular weight is 387 g/mol. The van der Waals surface area contributed by atoms with E-state index in [1.165, 1.54) is 11.3 Å². The highest BCUT2D eigenvalue weighted by atomic mass is 35.5. The molecule has 1 N–H and O–H groups in total. The summed E-state index contributed by atoms with van der Waals surface area (Å²) in [6.07, 6.45) is 0. The van der Waals surface area contributed by atoms with Crippen molar-refractivity contribution in [2.45, 2.75) is 19.8 Å². The van der Waals surface area contributed by atoms with Crippen LogP contribution < -0.4 is 10.1 Å². The van der Waals surface area contributed by atoms with E-state index in [4.69, 9.17) is 16.3 Å². The van der Waals surface area contributed by atoms with Crippen molar-refractivity contribution < 1.29 is 9.53 Å². The second-order valence-electron chi connectivity index (χ2n) is 6.52. The Balaban J connectivity index is 1.80. The van der Waals surface area contributed by atoms with Crippen LogP contribution >= 0.6 is 22.9 Å². The van der Waals surface area contributed by atoms with Crippen LogP contribution in [0, 0.1) is 5.41 Å². The number of halogens is 1. The summed E-state index contributed by atoms with van der Waals surface area (Å²) in [4.78, 5) is 17.4. The van der Waals surface area contributed by atoms with E-state index in [-0.39, 0.29) is 11.8 Å². The number of nitrogens with one attached hydrogen (secondary N) is 1. The van der Waals surface area contributed by atoms with E-state index in [0.717, 1.165) is 11.1 Å². The molecule has 3 aromatic rings. The molecule has 132 valence electrons. The van der Waals surface area contributed by atoms with Gasteiger partial charge in [0, 0.05) is 17.0 Å². The SMILES string of the molecule is CC(C)(C(=O)Nc1nncs1)[C@@H]1c2ccccc2Oc2nc(Cl)ccc21. The topological polar surface area (TPSA) is 77.0 Å². The van der Waals surface area contributed by atoms with Gasteiger partial charge >= 0.3 is 0 Å². The Hall–Kier alpha value is -2.51. The van der Waals surface area contributed by atoms with Crippen LogP contribution in [0.1, 0.15) is 30.9 Å². The van der Waals surface area contributed by atoms with Gasteiger partial charge in [0.05, 0.1) is 5.41 Å². The number of nitrogens with zero attached hydrogens (tertiary/aromatic N) is 3. The number of hydrogen-bond donors (Lipinski definition) is 1. The lowest BCUT2D eigenvalue weighted by atomic mass is 9.70. The van der Waals surface area contributed by atoms with Gasteiger partial charge in [-0.25, -0.2) is 4.98 Å². The number of pyridine rings is 1. The second kappa shape index (κ2) is 6.34. The number of amides is 1. The third-order valence-corrected chi connectivity index (χ3v) is 5.31. The highest BCUT2D eigenvalue weighted by Crippen LogP contribution is 2.51. The number of fused-ring (bicyclic) bond motifs is 2. The van der Waals surface area contributed by atoms with Crippen molar-refractivity contribution in [1.29, 1.82) is 0 Å². The molecule has 3 heterocycles. The Morgan fingerprint density at radius 3 is 2.81 bits per heavy atom. The lowest BCUT2D eigenvalue weighted by molar-refractivity contribution is -0.124. The number of benzene rings is 1. The Morgan fingerprint density at radius 2 is 2.04 bits per heavy atom. The number of para-hydroxylation sites is 1. The van der Waals surface area contributed by atoms with Crippen molar-refractivity contribution in [1.82, 2.24) is 15.2 Å². The molecular formula is C18H15ClN4O2S. The van der Waals surface area contributed by atoms with Crippen molar-refractivity contribution in [3.63, 3.8) is 0 Å². The first-order valence-electron chi connectivity index (χ1n) is 7.97. The summed E-state index contributed by atoms with van der Waals surface area (Å²) < 4.78 is 5.92. The van der Waals surface area contributed by atoms with Crippen LogP contribution in [0.4, 0.5) is 5.13 Å². The molecule has 0 spiro atoms. The Kier molecular flexibility index (Phi) is 4.13. The minimum absolute atomic E-state index is 0.156. The quantitative estimate of drug-likeness (QED) is 0.671. The fourth-order valence-corrected chi connectivity index (χ4v) is 3.79. The minimum atomic E-state index is -0.796. The number of carbonyl (C=O) groups excluding carboxylic acids is 1. The fraction of sp³-hybridized carbons (Fsp3) is 0.222. The van der Waals surface area contributed by atoms with E-state index < -0.39 is 5.41 Å². The Bertz CT molecular complexity index is 975. The van der Waals surface area contributed by atoms with Crippen LogP contribution in [0.25, 0.3) is 0 Å². The van der Waals surface area contributed by atoms with Gasteiger partial charge in [-0.1, -0.05) is 55.0 Å². The number of aromatic nitrogens is 3. The number of anilines is 1. The first-order valence-corrected chi connectivity index (χ1v) is 9.23. The lowest BCUT2D eigenvalue weighted by Crippen LogP contribution is -2.38. The molecule has 26 heavy (non-hydrogen) atoms. The van der Waals surface area contributed by atoms with Gasteiger partial charge in [-0.2, -0.15) is 0 Å². The van der Waals surface area contributed by atoms with Crippen LogP contribution in [0.15, 0.2) is 41.9 Å². The molecular weight excluding hydrogens is 372 g/mol. The number of hydrogen-bond acceptors (Lipinski definition) is 6. The number of rotatable bonds is 3. The molecule has 0 saturated heterocycles. The van der Waals surface area contributed by atoms with Gasteiger partial charge < -0.3 is 10.1 Å². The summed E-state index contributed by atoms with van der Waals surface area (Å²) >= 11 is 7.32. The van der Waals surface area contributed by atoms with Gasteiger partial charge in [0.2, 0.25) is 16.9 Å². The minimum Gasteiger partial charge on any atom is -0.438 e. The third-order valence-electron chi connectivity index (χ3n) is 4.49. The zero-order chi connectivity index (χ0) is 18.3. The molecule has 8 heteroatoms. The van der Waals surface area contributed by atoms with Crippen LogP contribution in [0.3, 0.4) is 0 Å². The smallest absolute Gasteiger partial charge is 0.232 e. The van der Waals surface area contributed by atoms with Gasteiger partial charge in [0.1, 0.15) is 16.4 Å². The normalized spacial score (nSPS) is 15.6. The summed E-state index contributed by atoms with van der Waals surface area (Å²) in [6.45, 7) is 3.79. The summed E-state index contributed by atoms with van der Waals surface area (Å²) in [5.41, 5.74) is 2.54. The van der Waals surface area contributed by atoms with E-state index in [1.807, 2.05) is 44.2 Å². The Morgan fingerprint density at radius 1 is 1.23 bits per heavy atom. The molecule has 2 aromatic heterocycles. The first-order chi connectivity index (χ1) is 12.5. The molecule has 0 fully saturated rings. The summed E-state index contributed by atoms with van der Waals surface area (Å²) in [5, 5.41) is 11.3. The fourth-order valence-electron chi connectivity index (χ4n) is 3.21. The Labute approximate surface area is 159 Å². The molecule has 1 atom stereocenters. The van der Waals surface area contributed by atoms with Crippen LogP contribution in [0.5, 0.6) is 11.6 Å². The molecule has 0 aliphatic carbocycles. The van der Waals surface area contributed by atoms with Crippen molar-refractivity contribution in [3.05, 3.63) is 58.2 Å². The maximum atomic E-state index is 13.1. The van der Waals surface area contributed by atoms with Gasteiger partial charge in [-0.05, 0) is 18.2 Å². The number of ether oxygens (including phenoxy) is 1. The first kappa shape index (κ1) is 16.9. The molecule has 1 aliphatic rings. The van der Waals surface area contributed by atoms with Gasteiger partial charge in [-0.15, -0.1) is 10.2 Å². The van der Waals surface area contributed by atoms with Crippen molar-refractivity contribution in [3.8, 4) is 11.6 Å². The molecule has 4 rings (SSSR count). The van der Waals surface area contributed by atoms with Gasteiger partial charge in [-0.3, -0.25) is 4.79 Å². The third kappa shape index (κ3) is 2.83. The standard InChI is InChI=1S/C18H15ClN4O2S/c1-18(2,16(24)22-17-23-20-9-26-17)14-10-5-3-4-6-12(10)25-15-11(14)7-8-13(19)21-15/h3-9,14H,1-2H3,(H,22,23,24)/t14-/m1/s1. The summed E-state index contributed by atoms with van der Waals surface area (Å²) in [6, 6.07) is 11.2. The van der Waals surface area contributed by atoms with Crippen molar-refractivity contribution >= 4 is 34.0 Å². The number of carbonyl (C=O) groups is 1. The van der Waals surface area contributed by atoms with Gasteiger partial charge in [0.15, 0.2) is 0 Å². The van der Waals surface area contributed by atoms with Gasteiger partial charge in [0.25, 0.3) is 0 Å². The predicted octanol–water partition coefficient (Wildman–Crippen LogP) is 4.49. The van der Waals surface area contributed by atoms with E-state index in [1.54, 1.807) is 11.6 Å². The van der Waals surface area contributed by atoms with Crippen LogP contribution in [0.2, 0.25) is 5.15 Å². The van der Waals surface area contributed by atoms with E-state index >= 15 is 0 Å². The summed E-state index contributed by atoms with van der Waals surface area (Å²) in [5.74, 6) is 0.700. The van der Waals surface area contributed by atoms with Crippen LogP contribution in [-0.4, -0.2) is 21.1 Å². The second-order valence-corrected chi connectivity index (χ2v) is 7.74. The monoisotopic (exact) mass is 386 g/mol. The summed E-state index contributed by atoms with van der Waals surface area (Å²) in [7, 11) is 0. The highest BCUT2D eigenvalue weighted by Gasteiger charge is 2.44. The molecule has 1 aromatic carbocycles.